The Morgan fingerprint density at radius 1 is 1.62 bits per heavy atom. The number of pyridine rings is 1. The summed E-state index contributed by atoms with van der Waals surface area (Å²) in [4.78, 5) is 6.50. The van der Waals surface area contributed by atoms with Crippen molar-refractivity contribution in [2.45, 2.75) is 13.3 Å². The van der Waals surface area contributed by atoms with Gasteiger partial charge in [-0.15, -0.1) is 0 Å². The van der Waals surface area contributed by atoms with Gasteiger partial charge in [-0.25, -0.2) is 4.98 Å². The molecule has 13 heavy (non-hydrogen) atoms. The van der Waals surface area contributed by atoms with Crippen LogP contribution < -0.4 is 9.64 Å². The average Bonchev–Trinajstić information content (AvgIpc) is 2.18. The molecule has 3 heteroatoms. The maximum atomic E-state index is 5.53. The predicted molar refractivity (Wildman–Crippen MR) is 52.4 cm³/mol. The third-order valence-corrected chi connectivity index (χ3v) is 2.34. The van der Waals surface area contributed by atoms with E-state index in [9.17, 15) is 0 Å². The van der Waals surface area contributed by atoms with Crippen molar-refractivity contribution in [1.29, 1.82) is 0 Å². The highest BCUT2D eigenvalue weighted by atomic mass is 16.5. The first-order valence-electron chi connectivity index (χ1n) is 4.64. The van der Waals surface area contributed by atoms with Crippen LogP contribution in [0.3, 0.4) is 0 Å². The van der Waals surface area contributed by atoms with Crippen molar-refractivity contribution in [3.63, 3.8) is 0 Å². The maximum absolute atomic E-state index is 5.53. The molecule has 2 heterocycles. The topological polar surface area (TPSA) is 25.4 Å². The van der Waals surface area contributed by atoms with Gasteiger partial charge in [-0.2, -0.15) is 0 Å². The minimum Gasteiger partial charge on any atom is -0.488 e. The highest BCUT2D eigenvalue weighted by molar-refractivity contribution is 5.54. The van der Waals surface area contributed by atoms with Crippen LogP contribution in [0.15, 0.2) is 12.3 Å². The molecule has 70 valence electrons. The largest absolute Gasteiger partial charge is 0.488 e. The number of rotatable bonds is 1. The second-order valence-corrected chi connectivity index (χ2v) is 3.29. The van der Waals surface area contributed by atoms with E-state index in [2.05, 4.69) is 22.9 Å². The molecule has 0 saturated carbocycles. The van der Waals surface area contributed by atoms with Crippen molar-refractivity contribution in [2.24, 2.45) is 0 Å². The molecule has 0 fully saturated rings. The first-order chi connectivity index (χ1) is 6.31. The van der Waals surface area contributed by atoms with Gasteiger partial charge in [0.25, 0.3) is 0 Å². The van der Waals surface area contributed by atoms with Gasteiger partial charge in [-0.1, -0.05) is 6.92 Å². The molecule has 0 aliphatic carbocycles. The lowest BCUT2D eigenvalue weighted by Crippen LogP contribution is -2.29. The molecule has 1 aromatic heterocycles. The summed E-state index contributed by atoms with van der Waals surface area (Å²) < 4.78 is 5.53. The third kappa shape index (κ3) is 1.46. The minimum atomic E-state index is 0.762. The summed E-state index contributed by atoms with van der Waals surface area (Å²) in [5.41, 5.74) is 1.23. The summed E-state index contributed by atoms with van der Waals surface area (Å²) >= 11 is 0. The van der Waals surface area contributed by atoms with E-state index in [1.807, 2.05) is 13.2 Å². The maximum Gasteiger partial charge on any atom is 0.171 e. The number of fused-ring (bicyclic) bond motifs is 1. The molecule has 0 atom stereocenters. The van der Waals surface area contributed by atoms with Gasteiger partial charge in [0.2, 0.25) is 0 Å². The third-order valence-electron chi connectivity index (χ3n) is 2.34. The highest BCUT2D eigenvalue weighted by Gasteiger charge is 2.15. The molecule has 3 nitrogen and oxygen atoms in total. The lowest BCUT2D eigenvalue weighted by Gasteiger charge is -2.26. The number of aryl methyl sites for hydroxylation is 1. The van der Waals surface area contributed by atoms with Crippen molar-refractivity contribution >= 4 is 5.82 Å². The molecule has 0 saturated heterocycles. The Labute approximate surface area is 78.3 Å². The summed E-state index contributed by atoms with van der Waals surface area (Å²) in [6, 6.07) is 2.08. The molecule has 0 radical (unpaired) electrons. The van der Waals surface area contributed by atoms with Crippen LogP contribution in [-0.4, -0.2) is 25.2 Å². The van der Waals surface area contributed by atoms with E-state index in [0.29, 0.717) is 0 Å². The van der Waals surface area contributed by atoms with Crippen LogP contribution in [0.25, 0.3) is 0 Å². The molecule has 1 aliphatic rings. The van der Waals surface area contributed by atoms with Gasteiger partial charge in [0.15, 0.2) is 11.6 Å². The van der Waals surface area contributed by atoms with Crippen molar-refractivity contribution in [2.75, 3.05) is 25.1 Å². The van der Waals surface area contributed by atoms with Gasteiger partial charge in [0, 0.05) is 13.2 Å². The van der Waals surface area contributed by atoms with Crippen molar-refractivity contribution in [1.82, 2.24) is 4.98 Å². The number of likely N-dealkylation sites (N-methyl/N-ethyl adjacent to an activating group) is 1. The fourth-order valence-corrected chi connectivity index (χ4v) is 1.46. The molecule has 0 spiro atoms. The van der Waals surface area contributed by atoms with Crippen LogP contribution in [0.5, 0.6) is 5.75 Å². The van der Waals surface area contributed by atoms with Gasteiger partial charge in [0.05, 0.1) is 6.54 Å². The quantitative estimate of drug-likeness (QED) is 0.651. The minimum absolute atomic E-state index is 0.762. The number of hydrogen-bond acceptors (Lipinski definition) is 3. The number of ether oxygens (including phenoxy) is 1. The lowest BCUT2D eigenvalue weighted by molar-refractivity contribution is 0.308. The van der Waals surface area contributed by atoms with Gasteiger partial charge < -0.3 is 9.64 Å². The summed E-state index contributed by atoms with van der Waals surface area (Å²) in [6.07, 6.45) is 2.93. The number of nitrogens with zero attached hydrogens (tertiary/aromatic N) is 2. The highest BCUT2D eigenvalue weighted by Crippen LogP contribution is 2.28. The van der Waals surface area contributed by atoms with E-state index < -0.39 is 0 Å². The first-order valence-corrected chi connectivity index (χ1v) is 4.64. The van der Waals surface area contributed by atoms with Crippen LogP contribution in [0.1, 0.15) is 12.5 Å². The first kappa shape index (κ1) is 8.35. The van der Waals surface area contributed by atoms with Gasteiger partial charge >= 0.3 is 0 Å². The Morgan fingerprint density at radius 3 is 3.23 bits per heavy atom. The molecule has 1 aromatic rings. The van der Waals surface area contributed by atoms with E-state index >= 15 is 0 Å². The van der Waals surface area contributed by atoms with Crippen LogP contribution in [0.2, 0.25) is 0 Å². The zero-order chi connectivity index (χ0) is 9.26. The fraction of sp³-hybridized carbons (Fsp3) is 0.500. The average molecular weight is 178 g/mol. The summed E-state index contributed by atoms with van der Waals surface area (Å²) in [5, 5.41) is 0. The molecule has 0 amide bonds. The zero-order valence-corrected chi connectivity index (χ0v) is 8.08. The molecule has 0 unspecified atom stereocenters. The van der Waals surface area contributed by atoms with E-state index in [1.54, 1.807) is 0 Å². The standard InChI is InChI=1S/C10H14N2O/c1-3-8-6-9-10(11-7-8)12(2)4-5-13-9/h6-7H,3-5H2,1-2H3. The fourth-order valence-electron chi connectivity index (χ4n) is 1.46. The summed E-state index contributed by atoms with van der Waals surface area (Å²) in [7, 11) is 2.04. The monoisotopic (exact) mass is 178 g/mol. The molecule has 1 aliphatic heterocycles. The summed E-state index contributed by atoms with van der Waals surface area (Å²) in [6.45, 7) is 3.81. The Balaban J connectivity index is 2.39. The van der Waals surface area contributed by atoms with E-state index in [1.165, 1.54) is 5.56 Å². The molecule has 0 N–H and O–H groups in total. The Hall–Kier alpha value is -1.25. The predicted octanol–water partition coefficient (Wildman–Crippen LogP) is 1.47. The van der Waals surface area contributed by atoms with E-state index in [4.69, 9.17) is 4.74 Å². The number of anilines is 1. The molecule has 0 bridgehead atoms. The molecular weight excluding hydrogens is 164 g/mol. The molecule has 2 rings (SSSR count). The molecular formula is C10H14N2O. The molecule has 0 aromatic carbocycles. The van der Waals surface area contributed by atoms with Crippen LogP contribution >= 0.6 is 0 Å². The van der Waals surface area contributed by atoms with E-state index in [-0.39, 0.29) is 0 Å². The Bertz CT molecular complexity index is 312. The van der Waals surface area contributed by atoms with E-state index in [0.717, 1.165) is 31.1 Å². The Kier molecular flexibility index (Phi) is 2.08. The lowest BCUT2D eigenvalue weighted by atomic mass is 10.2. The van der Waals surface area contributed by atoms with Crippen molar-refractivity contribution < 1.29 is 4.74 Å². The second-order valence-electron chi connectivity index (χ2n) is 3.29. The number of hydrogen-bond donors (Lipinski definition) is 0. The SMILES string of the molecule is CCc1cnc2c(c1)OCCN2C. The van der Waals surface area contributed by atoms with Gasteiger partial charge in [-0.05, 0) is 18.1 Å². The Morgan fingerprint density at radius 2 is 2.46 bits per heavy atom. The van der Waals surface area contributed by atoms with Gasteiger partial charge in [0.1, 0.15) is 6.61 Å². The smallest absolute Gasteiger partial charge is 0.171 e. The second kappa shape index (κ2) is 3.24. The van der Waals surface area contributed by atoms with Crippen LogP contribution in [-0.2, 0) is 6.42 Å². The van der Waals surface area contributed by atoms with Crippen LogP contribution in [0, 0.1) is 0 Å². The van der Waals surface area contributed by atoms with Crippen LogP contribution in [0.4, 0.5) is 5.82 Å². The zero-order valence-electron chi connectivity index (χ0n) is 8.08. The summed E-state index contributed by atoms with van der Waals surface area (Å²) in [5.74, 6) is 1.89. The van der Waals surface area contributed by atoms with Crippen molar-refractivity contribution in [3.05, 3.63) is 17.8 Å². The van der Waals surface area contributed by atoms with Gasteiger partial charge in [-0.3, -0.25) is 0 Å². The van der Waals surface area contributed by atoms with Crippen molar-refractivity contribution in [3.8, 4) is 5.75 Å². The normalized spacial score (nSPS) is 15.1. The number of aromatic nitrogens is 1.